The van der Waals surface area contributed by atoms with Crippen molar-refractivity contribution in [1.82, 2.24) is 14.1 Å². The van der Waals surface area contributed by atoms with Gasteiger partial charge in [0.05, 0.1) is 22.9 Å². The molecule has 4 rings (SSSR count). The molecule has 1 aromatic rings. The van der Waals surface area contributed by atoms with E-state index in [1.54, 1.807) is 18.2 Å². The number of piperidine rings is 1. The fourth-order valence-corrected chi connectivity index (χ4v) is 5.49. The first kappa shape index (κ1) is 18.0. The van der Waals surface area contributed by atoms with E-state index in [2.05, 4.69) is 0 Å². The van der Waals surface area contributed by atoms with Crippen molar-refractivity contribution in [1.29, 1.82) is 0 Å². The van der Waals surface area contributed by atoms with Gasteiger partial charge in [-0.25, -0.2) is 17.4 Å². The van der Waals surface area contributed by atoms with E-state index in [1.165, 1.54) is 12.8 Å². The third kappa shape index (κ3) is 2.87. The van der Waals surface area contributed by atoms with E-state index in [-0.39, 0.29) is 11.4 Å². The van der Waals surface area contributed by atoms with Crippen LogP contribution in [0.15, 0.2) is 6.07 Å². The molecule has 1 saturated heterocycles. The zero-order valence-corrected chi connectivity index (χ0v) is 16.6. The number of aryl methyl sites for hydroxylation is 1. The van der Waals surface area contributed by atoms with Gasteiger partial charge in [0.2, 0.25) is 15.9 Å². The first-order valence-electron chi connectivity index (χ1n) is 9.59. The highest BCUT2D eigenvalue weighted by Crippen LogP contribution is 2.43. The Morgan fingerprint density at radius 3 is 2.50 bits per heavy atom. The van der Waals surface area contributed by atoms with Crippen LogP contribution >= 0.6 is 0 Å². The highest BCUT2D eigenvalue weighted by Gasteiger charge is 2.48. The monoisotopic (exact) mass is 380 g/mol. The van der Waals surface area contributed by atoms with Crippen LogP contribution < -0.4 is 4.90 Å². The van der Waals surface area contributed by atoms with Crippen molar-refractivity contribution in [2.24, 2.45) is 5.92 Å². The summed E-state index contributed by atoms with van der Waals surface area (Å²) in [5.74, 6) is 1.67. The van der Waals surface area contributed by atoms with E-state index in [0.717, 1.165) is 18.1 Å². The van der Waals surface area contributed by atoms with E-state index < -0.39 is 15.3 Å². The summed E-state index contributed by atoms with van der Waals surface area (Å²) in [7, 11) is -3.25. The predicted molar refractivity (Wildman–Crippen MR) is 99.5 cm³/mol. The number of carbonyl (C=O) groups is 1. The van der Waals surface area contributed by atoms with Gasteiger partial charge in [-0.2, -0.15) is 5.10 Å². The van der Waals surface area contributed by atoms with Gasteiger partial charge < -0.3 is 0 Å². The summed E-state index contributed by atoms with van der Waals surface area (Å²) in [6.45, 7) is 7.08. The molecule has 3 heterocycles. The lowest BCUT2D eigenvalue weighted by atomic mass is 9.83. The molecule has 7 nitrogen and oxygen atoms in total. The van der Waals surface area contributed by atoms with Crippen LogP contribution in [0.3, 0.4) is 0 Å². The van der Waals surface area contributed by atoms with E-state index in [1.807, 2.05) is 22.6 Å². The number of carbonyl (C=O) groups excluding carboxylic acids is 1. The van der Waals surface area contributed by atoms with Crippen molar-refractivity contribution in [3.8, 4) is 0 Å². The van der Waals surface area contributed by atoms with Gasteiger partial charge in [-0.3, -0.25) is 9.69 Å². The topological polar surface area (TPSA) is 75.5 Å². The first-order chi connectivity index (χ1) is 12.2. The van der Waals surface area contributed by atoms with Gasteiger partial charge in [-0.1, -0.05) is 0 Å². The normalized spacial score (nSPS) is 23.7. The molecule has 8 heteroatoms. The summed E-state index contributed by atoms with van der Waals surface area (Å²) in [5.41, 5.74) is 0.524. The molecule has 1 saturated carbocycles. The Kier molecular flexibility index (Phi) is 4.19. The van der Waals surface area contributed by atoms with Gasteiger partial charge in [-0.05, 0) is 52.4 Å². The van der Waals surface area contributed by atoms with Gasteiger partial charge in [0.25, 0.3) is 0 Å². The molecule has 0 radical (unpaired) electrons. The van der Waals surface area contributed by atoms with Gasteiger partial charge in [-0.15, -0.1) is 0 Å². The van der Waals surface area contributed by atoms with Crippen LogP contribution in [0.5, 0.6) is 0 Å². The van der Waals surface area contributed by atoms with Crippen LogP contribution in [0, 0.1) is 12.8 Å². The second-order valence-electron chi connectivity index (χ2n) is 8.40. The molecule has 1 aromatic heterocycles. The maximum absolute atomic E-state index is 12.9. The van der Waals surface area contributed by atoms with Crippen LogP contribution in [0.2, 0.25) is 0 Å². The summed E-state index contributed by atoms with van der Waals surface area (Å²) in [5, 5.41) is 4.30. The van der Waals surface area contributed by atoms with Crippen LogP contribution in [-0.4, -0.2) is 53.3 Å². The van der Waals surface area contributed by atoms with Gasteiger partial charge in [0, 0.05) is 25.7 Å². The summed E-state index contributed by atoms with van der Waals surface area (Å²) < 4.78 is 28.6. The molecule has 0 atom stereocenters. The lowest BCUT2D eigenvalue weighted by molar-refractivity contribution is -0.122. The standard InChI is InChI=1S/C18H28N4O3S/c1-13(2)26(24,25)20-8-6-18(7-9-20)11-17(23)21(12-15-4-5-15)16-10-14(3)19-22(16)18/h10,13,15H,4-9,11-12H2,1-3H3. The molecule has 0 aromatic carbocycles. The van der Waals surface area contributed by atoms with Crippen molar-refractivity contribution >= 4 is 21.7 Å². The van der Waals surface area contributed by atoms with Gasteiger partial charge in [0.1, 0.15) is 5.82 Å². The van der Waals surface area contributed by atoms with Crippen molar-refractivity contribution in [3.63, 3.8) is 0 Å². The van der Waals surface area contributed by atoms with E-state index in [9.17, 15) is 13.2 Å². The number of sulfonamides is 1. The second kappa shape index (κ2) is 6.05. The zero-order valence-electron chi connectivity index (χ0n) is 15.8. The summed E-state index contributed by atoms with van der Waals surface area (Å²) in [6, 6.07) is 2.00. The van der Waals surface area contributed by atoms with Gasteiger partial charge in [0.15, 0.2) is 0 Å². The Morgan fingerprint density at radius 1 is 1.27 bits per heavy atom. The SMILES string of the molecule is Cc1cc2n(n1)C1(CCN(S(=O)(=O)C(C)C)CC1)CC(=O)N2CC1CC1. The summed E-state index contributed by atoms with van der Waals surface area (Å²) in [4.78, 5) is 14.8. The lowest BCUT2D eigenvalue weighted by Gasteiger charge is -2.46. The molecule has 1 aliphatic carbocycles. The second-order valence-corrected chi connectivity index (χ2v) is 10.9. The summed E-state index contributed by atoms with van der Waals surface area (Å²) in [6.07, 6.45) is 4.09. The zero-order chi connectivity index (χ0) is 18.7. The molecule has 0 N–H and O–H groups in total. The van der Waals surface area contributed by atoms with Crippen LogP contribution in [0.1, 0.15) is 51.6 Å². The number of nitrogens with zero attached hydrogens (tertiary/aromatic N) is 4. The number of hydrogen-bond donors (Lipinski definition) is 0. The van der Waals surface area contributed by atoms with Crippen LogP contribution in [-0.2, 0) is 20.4 Å². The predicted octanol–water partition coefficient (Wildman–Crippen LogP) is 1.87. The number of anilines is 1. The maximum Gasteiger partial charge on any atom is 0.230 e. The van der Waals surface area contributed by atoms with Crippen LogP contribution in [0.25, 0.3) is 0 Å². The molecule has 1 amide bonds. The minimum atomic E-state index is -3.25. The molecule has 26 heavy (non-hydrogen) atoms. The molecular formula is C18H28N4O3S. The highest BCUT2D eigenvalue weighted by molar-refractivity contribution is 7.89. The Balaban J connectivity index is 1.62. The third-order valence-electron chi connectivity index (χ3n) is 6.07. The molecule has 0 bridgehead atoms. The molecular weight excluding hydrogens is 352 g/mol. The molecule has 1 spiro atoms. The Labute approximate surface area is 155 Å². The minimum absolute atomic E-state index is 0.157. The molecule has 3 aliphatic rings. The number of hydrogen-bond acceptors (Lipinski definition) is 4. The van der Waals surface area contributed by atoms with E-state index in [0.29, 0.717) is 38.3 Å². The highest BCUT2D eigenvalue weighted by atomic mass is 32.2. The molecule has 0 unspecified atom stereocenters. The van der Waals surface area contributed by atoms with Crippen molar-refractivity contribution < 1.29 is 13.2 Å². The van der Waals surface area contributed by atoms with Crippen molar-refractivity contribution in [3.05, 3.63) is 11.8 Å². The lowest BCUT2D eigenvalue weighted by Crippen LogP contribution is -2.55. The van der Waals surface area contributed by atoms with Crippen molar-refractivity contribution in [2.45, 2.75) is 63.7 Å². The smallest absolute Gasteiger partial charge is 0.230 e. The first-order valence-corrected chi connectivity index (χ1v) is 11.1. The largest absolute Gasteiger partial charge is 0.297 e. The Bertz CT molecular complexity index is 817. The van der Waals surface area contributed by atoms with Gasteiger partial charge >= 0.3 is 0 Å². The average Bonchev–Trinajstić information content (AvgIpc) is 3.31. The Hall–Kier alpha value is -1.41. The number of aromatic nitrogens is 2. The third-order valence-corrected chi connectivity index (χ3v) is 8.34. The molecule has 144 valence electrons. The molecule has 2 fully saturated rings. The quantitative estimate of drug-likeness (QED) is 0.799. The minimum Gasteiger partial charge on any atom is -0.297 e. The van der Waals surface area contributed by atoms with E-state index in [4.69, 9.17) is 5.10 Å². The average molecular weight is 381 g/mol. The maximum atomic E-state index is 12.9. The van der Waals surface area contributed by atoms with E-state index >= 15 is 0 Å². The number of fused-ring (bicyclic) bond motifs is 2. The fourth-order valence-electron chi connectivity index (χ4n) is 4.20. The summed E-state index contributed by atoms with van der Waals surface area (Å²) >= 11 is 0. The fraction of sp³-hybridized carbons (Fsp3) is 0.778. The number of rotatable bonds is 4. The van der Waals surface area contributed by atoms with Crippen LogP contribution in [0.4, 0.5) is 5.82 Å². The molecule has 2 aliphatic heterocycles. The number of amides is 1. The van der Waals surface area contributed by atoms with Crippen molar-refractivity contribution in [2.75, 3.05) is 24.5 Å². The Morgan fingerprint density at radius 2 is 1.92 bits per heavy atom.